The Bertz CT molecular complexity index is 1400. The van der Waals surface area contributed by atoms with E-state index in [1.807, 2.05) is 18.2 Å². The van der Waals surface area contributed by atoms with Crippen LogP contribution in [0.15, 0.2) is 59.1 Å². The number of urea groups is 1. The van der Waals surface area contributed by atoms with Crippen LogP contribution in [0.1, 0.15) is 25.8 Å². The van der Waals surface area contributed by atoms with Crippen molar-refractivity contribution < 1.29 is 50.9 Å². The highest BCUT2D eigenvalue weighted by atomic mass is 31.2. The molecule has 16 heteroatoms. The number of phosphoric ester groups is 1. The normalized spacial score (nSPS) is 12.8. The quantitative estimate of drug-likeness (QED) is 0.175. The predicted molar refractivity (Wildman–Crippen MR) is 154 cm³/mol. The number of likely N-dealkylation sites (N-methyl/N-ethyl adjacent to an activating group) is 1. The lowest BCUT2D eigenvalue weighted by Crippen LogP contribution is -2.47. The molecule has 0 bridgehead atoms. The summed E-state index contributed by atoms with van der Waals surface area (Å²) in [5, 5.41) is 19.3. The van der Waals surface area contributed by atoms with Crippen LogP contribution in [0.4, 0.5) is 24.2 Å². The van der Waals surface area contributed by atoms with Crippen LogP contribution in [-0.2, 0) is 29.4 Å². The number of halogens is 2. The van der Waals surface area contributed by atoms with Crippen LogP contribution in [0.5, 0.6) is 0 Å². The van der Waals surface area contributed by atoms with Crippen molar-refractivity contribution >= 4 is 25.8 Å². The minimum absolute atomic E-state index is 0.0339. The minimum Gasteiger partial charge on any atom is -0.447 e. The van der Waals surface area contributed by atoms with E-state index < -0.39 is 56.9 Å². The molecule has 1 aromatic heterocycles. The number of nitrogens with zero attached hydrogens (tertiary/aromatic N) is 2. The third kappa shape index (κ3) is 10.4. The summed E-state index contributed by atoms with van der Waals surface area (Å²) < 4.78 is 66.1. The summed E-state index contributed by atoms with van der Waals surface area (Å²) in [6, 6.07) is 12.4. The predicted octanol–water partition coefficient (Wildman–Crippen LogP) is 5.33. The van der Waals surface area contributed by atoms with Gasteiger partial charge in [-0.15, -0.1) is 0 Å². The molecule has 0 unspecified atom stereocenters. The molecule has 2 aromatic carbocycles. The molecule has 1 heterocycles. The number of carbonyl (C=O) groups is 2. The first kappa shape index (κ1) is 34.6. The number of aliphatic hydroxyl groups is 1. The molecule has 0 spiro atoms. The zero-order valence-electron chi connectivity index (χ0n) is 24.4. The highest BCUT2D eigenvalue weighted by Crippen LogP contribution is 2.49. The van der Waals surface area contributed by atoms with Gasteiger partial charge in [0, 0.05) is 30.8 Å². The lowest BCUT2D eigenvalue weighted by atomic mass is 10.1. The molecule has 0 aliphatic heterocycles. The van der Waals surface area contributed by atoms with E-state index in [0.717, 1.165) is 16.5 Å². The highest BCUT2D eigenvalue weighted by molar-refractivity contribution is 7.48. The zero-order chi connectivity index (χ0) is 32.1. The number of nitrogens with one attached hydrogen (secondary N) is 2. The first-order valence-electron chi connectivity index (χ1n) is 13.7. The fourth-order valence-electron chi connectivity index (χ4n) is 3.86. The van der Waals surface area contributed by atoms with Gasteiger partial charge in [0.1, 0.15) is 6.61 Å². The van der Waals surface area contributed by atoms with Crippen molar-refractivity contribution in [1.82, 2.24) is 15.4 Å². The van der Waals surface area contributed by atoms with Crippen LogP contribution in [0, 0.1) is 11.6 Å². The number of hydrogen-bond acceptors (Lipinski definition) is 10. The molecule has 3 amide bonds. The van der Waals surface area contributed by atoms with Gasteiger partial charge in [-0.3, -0.25) is 18.9 Å². The van der Waals surface area contributed by atoms with Crippen molar-refractivity contribution in [3.05, 3.63) is 71.8 Å². The van der Waals surface area contributed by atoms with Gasteiger partial charge in [-0.1, -0.05) is 47.6 Å². The van der Waals surface area contributed by atoms with Crippen molar-refractivity contribution in [3.8, 4) is 11.3 Å². The van der Waals surface area contributed by atoms with Crippen molar-refractivity contribution in [2.45, 2.75) is 39.0 Å². The Hall–Kier alpha value is -3.88. The van der Waals surface area contributed by atoms with E-state index >= 15 is 0 Å². The second kappa shape index (κ2) is 16.8. The van der Waals surface area contributed by atoms with Gasteiger partial charge in [-0.05, 0) is 26.3 Å². The molecule has 0 fully saturated rings. The van der Waals surface area contributed by atoms with Gasteiger partial charge in [0.25, 0.3) is 0 Å². The van der Waals surface area contributed by atoms with Gasteiger partial charge in [-0.25, -0.2) is 22.9 Å². The monoisotopic (exact) mass is 640 g/mol. The lowest BCUT2D eigenvalue weighted by molar-refractivity contribution is 0.0353. The zero-order valence-corrected chi connectivity index (χ0v) is 25.3. The summed E-state index contributed by atoms with van der Waals surface area (Å²) in [5.74, 6) is -1.69. The molecule has 2 atom stereocenters. The maximum absolute atomic E-state index is 14.1. The van der Waals surface area contributed by atoms with Gasteiger partial charge >= 0.3 is 19.9 Å². The second-order valence-corrected chi connectivity index (χ2v) is 10.9. The fourth-order valence-corrected chi connectivity index (χ4v) is 5.07. The maximum atomic E-state index is 14.1. The van der Waals surface area contributed by atoms with Crippen molar-refractivity contribution in [2.24, 2.45) is 0 Å². The van der Waals surface area contributed by atoms with Crippen molar-refractivity contribution in [3.63, 3.8) is 0 Å². The molecule has 13 nitrogen and oxygen atoms in total. The number of aromatic nitrogens is 1. The molecule has 3 rings (SSSR count). The van der Waals surface area contributed by atoms with Gasteiger partial charge in [0.2, 0.25) is 0 Å². The van der Waals surface area contributed by atoms with E-state index in [9.17, 15) is 28.0 Å². The molecule has 0 aliphatic rings. The summed E-state index contributed by atoms with van der Waals surface area (Å²) >= 11 is 0. The molecule has 44 heavy (non-hydrogen) atoms. The summed E-state index contributed by atoms with van der Waals surface area (Å²) in [6.45, 7) is 2.00. The van der Waals surface area contributed by atoms with E-state index in [4.69, 9.17) is 22.8 Å². The Morgan fingerprint density at radius 2 is 1.75 bits per heavy atom. The number of carbonyl (C=O) groups excluding carboxylic acids is 2. The summed E-state index contributed by atoms with van der Waals surface area (Å²) in [7, 11) is -2.58. The highest BCUT2D eigenvalue weighted by Gasteiger charge is 2.30. The van der Waals surface area contributed by atoms with E-state index in [1.165, 1.54) is 25.2 Å². The molecule has 0 saturated heterocycles. The molecule has 3 N–H and O–H groups in total. The third-order valence-corrected chi connectivity index (χ3v) is 7.69. The number of amides is 3. The van der Waals surface area contributed by atoms with E-state index in [1.54, 1.807) is 26.0 Å². The lowest BCUT2D eigenvalue weighted by Gasteiger charge is -2.30. The third-order valence-electron chi connectivity index (χ3n) is 6.08. The Labute approximate surface area is 253 Å². The standard InChI is InChI=1S/C28H35F2N4O9P/c1-4-40-44(38,41-5-2)42-18-22(35)14-21(34(3)27(36)31-16-20-12-9-13-23(29)26(20)30)17-39-28(37)32-25-15-24(43-33-25)19-10-7-6-8-11-19/h6-13,15,21-22,35H,4-5,14,16-18H2,1-3H3,(H,31,36)(H,32,33,37)/t21-,22-/m0/s1. The Morgan fingerprint density at radius 3 is 2.43 bits per heavy atom. The first-order valence-corrected chi connectivity index (χ1v) is 15.1. The maximum Gasteiger partial charge on any atom is 0.474 e. The fraction of sp³-hybridized carbons (Fsp3) is 0.393. The molecule has 0 radical (unpaired) electrons. The van der Waals surface area contributed by atoms with Crippen LogP contribution in [0.3, 0.4) is 0 Å². The topological polar surface area (TPSA) is 162 Å². The molecule has 240 valence electrons. The van der Waals surface area contributed by atoms with Crippen LogP contribution in [0.2, 0.25) is 0 Å². The van der Waals surface area contributed by atoms with Gasteiger partial charge in [0.05, 0.1) is 32.0 Å². The number of benzene rings is 2. The van der Waals surface area contributed by atoms with Crippen molar-refractivity contribution in [1.29, 1.82) is 0 Å². The SMILES string of the molecule is CCOP(=O)(OCC)OC[C@@H](O)C[C@@H](COC(=O)Nc1cc(-c2ccccc2)on1)N(C)C(=O)NCc1cccc(F)c1F. The molecule has 0 aliphatic carbocycles. The minimum atomic E-state index is -3.93. The first-order chi connectivity index (χ1) is 21.0. The Morgan fingerprint density at radius 1 is 1.05 bits per heavy atom. The van der Waals surface area contributed by atoms with Crippen LogP contribution < -0.4 is 10.6 Å². The van der Waals surface area contributed by atoms with Gasteiger partial charge in [0.15, 0.2) is 23.2 Å². The molecule has 3 aromatic rings. The van der Waals surface area contributed by atoms with Gasteiger partial charge < -0.3 is 24.6 Å². The molecule has 0 saturated carbocycles. The average Bonchev–Trinajstić information content (AvgIpc) is 3.47. The molecular weight excluding hydrogens is 605 g/mol. The number of phosphoric acid groups is 1. The van der Waals surface area contributed by atoms with E-state index in [2.05, 4.69) is 15.8 Å². The number of hydrogen-bond donors (Lipinski definition) is 3. The summed E-state index contributed by atoms with van der Waals surface area (Å²) in [6.07, 6.45) is -2.46. The summed E-state index contributed by atoms with van der Waals surface area (Å²) in [5.41, 5.74) is 0.652. The smallest absolute Gasteiger partial charge is 0.447 e. The molecular formula is C28H35F2N4O9P. The Kier molecular flexibility index (Phi) is 13.2. The second-order valence-electron chi connectivity index (χ2n) is 9.27. The average molecular weight is 641 g/mol. The van der Waals surface area contributed by atoms with Crippen LogP contribution in [0.25, 0.3) is 11.3 Å². The van der Waals surface area contributed by atoms with Gasteiger partial charge in [-0.2, -0.15) is 0 Å². The number of aliphatic hydroxyl groups excluding tert-OH is 1. The largest absolute Gasteiger partial charge is 0.474 e. The van der Waals surface area contributed by atoms with Crippen LogP contribution in [-0.4, -0.2) is 72.9 Å². The number of anilines is 1. The van der Waals surface area contributed by atoms with E-state index in [0.29, 0.717) is 5.76 Å². The summed E-state index contributed by atoms with van der Waals surface area (Å²) in [4.78, 5) is 26.6. The van der Waals surface area contributed by atoms with Crippen molar-refractivity contribution in [2.75, 3.05) is 38.8 Å². The number of rotatable bonds is 16. The van der Waals surface area contributed by atoms with E-state index in [-0.39, 0.29) is 37.6 Å². The Balaban J connectivity index is 1.65. The number of ether oxygens (including phenoxy) is 1. The van der Waals surface area contributed by atoms with Crippen LogP contribution >= 0.6 is 7.82 Å².